The van der Waals surface area contributed by atoms with Crippen molar-refractivity contribution in [2.45, 2.75) is 12.5 Å². The first-order chi connectivity index (χ1) is 8.84. The maximum atomic E-state index is 11.8. The number of ether oxygens (including phenoxy) is 1. The van der Waals surface area contributed by atoms with E-state index in [1.165, 1.54) is 17.8 Å². The molecule has 1 aromatic rings. The molecule has 106 valence electrons. The third-order valence-corrected chi connectivity index (χ3v) is 4.39. The van der Waals surface area contributed by atoms with Crippen LogP contribution in [-0.2, 0) is 4.74 Å². The highest BCUT2D eigenvalue weighted by atomic mass is 35.5. The number of piperidine rings is 1. The Labute approximate surface area is 122 Å². The van der Waals surface area contributed by atoms with E-state index in [2.05, 4.69) is 15.6 Å². The second-order valence-electron chi connectivity index (χ2n) is 4.87. The van der Waals surface area contributed by atoms with E-state index in [0.717, 1.165) is 19.7 Å². The highest BCUT2D eigenvalue weighted by Gasteiger charge is 2.38. The van der Waals surface area contributed by atoms with Crippen molar-refractivity contribution >= 4 is 29.7 Å². The Balaban J connectivity index is 0.00000133. The highest BCUT2D eigenvalue weighted by molar-refractivity contribution is 7.07. The van der Waals surface area contributed by atoms with Crippen LogP contribution in [0.15, 0.2) is 10.9 Å². The first-order valence-electron chi connectivity index (χ1n) is 6.33. The van der Waals surface area contributed by atoms with E-state index >= 15 is 0 Å². The second-order valence-corrected chi connectivity index (χ2v) is 5.59. The van der Waals surface area contributed by atoms with Crippen molar-refractivity contribution < 1.29 is 9.53 Å². The molecule has 7 heteroatoms. The molecule has 0 aliphatic carbocycles. The minimum atomic E-state index is -0.105. The zero-order valence-corrected chi connectivity index (χ0v) is 12.1. The number of amides is 1. The minimum Gasteiger partial charge on any atom is -0.376 e. The molecule has 5 nitrogen and oxygen atoms in total. The molecule has 2 fully saturated rings. The van der Waals surface area contributed by atoms with E-state index in [1.807, 2.05) is 0 Å². The highest BCUT2D eigenvalue weighted by Crippen LogP contribution is 2.30. The monoisotopic (exact) mass is 303 g/mol. The van der Waals surface area contributed by atoms with Gasteiger partial charge in [0.2, 0.25) is 0 Å². The van der Waals surface area contributed by atoms with Gasteiger partial charge < -0.3 is 15.4 Å². The van der Waals surface area contributed by atoms with Gasteiger partial charge in [-0.1, -0.05) is 0 Å². The van der Waals surface area contributed by atoms with Crippen LogP contribution in [0.4, 0.5) is 0 Å². The smallest absolute Gasteiger partial charge is 0.270 e. The van der Waals surface area contributed by atoms with Crippen molar-refractivity contribution in [3.8, 4) is 0 Å². The second kappa shape index (κ2) is 6.65. The van der Waals surface area contributed by atoms with Gasteiger partial charge in [0.15, 0.2) is 0 Å². The Morgan fingerprint density at radius 3 is 3.32 bits per heavy atom. The Kier molecular flexibility index (Phi) is 5.15. The average molecular weight is 304 g/mol. The summed E-state index contributed by atoms with van der Waals surface area (Å²) in [6.07, 6.45) is 1.33. The van der Waals surface area contributed by atoms with Gasteiger partial charge in [-0.25, -0.2) is 4.98 Å². The van der Waals surface area contributed by atoms with Gasteiger partial charge in [-0.05, 0) is 18.9 Å². The van der Waals surface area contributed by atoms with Crippen molar-refractivity contribution in [1.29, 1.82) is 0 Å². The molecule has 3 rings (SSSR count). The molecular weight excluding hydrogens is 286 g/mol. The largest absolute Gasteiger partial charge is 0.376 e. The van der Waals surface area contributed by atoms with E-state index in [0.29, 0.717) is 24.1 Å². The molecule has 2 aliphatic rings. The summed E-state index contributed by atoms with van der Waals surface area (Å²) in [5.74, 6) is 1.09. The van der Waals surface area contributed by atoms with Gasteiger partial charge in [-0.15, -0.1) is 23.7 Å². The zero-order chi connectivity index (χ0) is 12.4. The topological polar surface area (TPSA) is 63.2 Å². The van der Waals surface area contributed by atoms with Crippen molar-refractivity contribution in [2.75, 3.05) is 26.2 Å². The molecular formula is C12H18ClN3O2S. The molecule has 0 aromatic carbocycles. The number of aromatic nitrogens is 1. The van der Waals surface area contributed by atoms with Gasteiger partial charge in [0.05, 0.1) is 18.2 Å². The number of rotatable bonds is 3. The molecule has 19 heavy (non-hydrogen) atoms. The molecule has 0 bridgehead atoms. The van der Waals surface area contributed by atoms with E-state index in [9.17, 15) is 4.79 Å². The molecule has 0 unspecified atom stereocenters. The third kappa shape index (κ3) is 3.25. The Morgan fingerprint density at radius 2 is 2.53 bits per heavy atom. The minimum absolute atomic E-state index is 0. The summed E-state index contributed by atoms with van der Waals surface area (Å²) in [6, 6.07) is 0. The Morgan fingerprint density at radius 1 is 1.63 bits per heavy atom. The molecule has 0 spiro atoms. The molecule has 0 saturated carbocycles. The Hall–Kier alpha value is -0.690. The maximum Gasteiger partial charge on any atom is 0.270 e. The van der Waals surface area contributed by atoms with Crippen LogP contribution in [-0.4, -0.2) is 43.2 Å². The maximum absolute atomic E-state index is 11.8. The van der Waals surface area contributed by atoms with Crippen LogP contribution in [0.1, 0.15) is 16.9 Å². The van der Waals surface area contributed by atoms with E-state index < -0.39 is 0 Å². The molecule has 2 aliphatic heterocycles. The molecule has 2 N–H and O–H groups in total. The molecule has 2 saturated heterocycles. The van der Waals surface area contributed by atoms with Gasteiger partial charge in [-0.3, -0.25) is 4.79 Å². The standard InChI is InChI=1S/C12H17N3O2S.ClH/c16-12(10-6-18-7-15-10)14-4-11-9-3-13-2-1-8(9)5-17-11;/h6-9,11,13H,1-5H2,(H,14,16);1H/t8-,9-,11+;/m0./s1. The lowest BCUT2D eigenvalue weighted by atomic mass is 9.85. The lowest BCUT2D eigenvalue weighted by Crippen LogP contribution is -2.43. The van der Waals surface area contributed by atoms with Crippen LogP contribution in [0, 0.1) is 11.8 Å². The molecule has 0 radical (unpaired) electrons. The zero-order valence-electron chi connectivity index (χ0n) is 10.5. The number of carbonyl (C=O) groups is 1. The summed E-state index contributed by atoms with van der Waals surface area (Å²) in [7, 11) is 0. The number of hydrogen-bond donors (Lipinski definition) is 2. The number of halogens is 1. The summed E-state index contributed by atoms with van der Waals surface area (Å²) in [6.45, 7) is 3.51. The number of fused-ring (bicyclic) bond motifs is 1. The summed E-state index contributed by atoms with van der Waals surface area (Å²) in [5, 5.41) is 8.07. The summed E-state index contributed by atoms with van der Waals surface area (Å²) in [5.41, 5.74) is 2.17. The van der Waals surface area contributed by atoms with Crippen molar-refractivity contribution in [3.63, 3.8) is 0 Å². The Bertz CT molecular complexity index is 415. The summed E-state index contributed by atoms with van der Waals surface area (Å²) < 4.78 is 5.80. The average Bonchev–Trinajstić information content (AvgIpc) is 3.06. The van der Waals surface area contributed by atoms with Gasteiger partial charge in [0.25, 0.3) is 5.91 Å². The molecule has 3 heterocycles. The van der Waals surface area contributed by atoms with Crippen LogP contribution in [0.3, 0.4) is 0 Å². The third-order valence-electron chi connectivity index (χ3n) is 3.81. The summed E-state index contributed by atoms with van der Waals surface area (Å²) >= 11 is 1.43. The first-order valence-corrected chi connectivity index (χ1v) is 7.27. The molecule has 1 amide bonds. The fourth-order valence-electron chi connectivity index (χ4n) is 2.77. The van der Waals surface area contributed by atoms with Gasteiger partial charge in [0, 0.05) is 24.4 Å². The SMILES string of the molecule is Cl.O=C(NC[C@H]1OC[C@@H]2CCNC[C@@H]21)c1cscn1. The van der Waals surface area contributed by atoms with Gasteiger partial charge >= 0.3 is 0 Å². The van der Waals surface area contributed by atoms with Crippen LogP contribution in [0.25, 0.3) is 0 Å². The lowest BCUT2D eigenvalue weighted by Gasteiger charge is -2.27. The number of hydrogen-bond acceptors (Lipinski definition) is 5. The van der Waals surface area contributed by atoms with E-state index in [1.54, 1.807) is 10.9 Å². The lowest BCUT2D eigenvalue weighted by molar-refractivity contribution is 0.0774. The number of nitrogens with zero attached hydrogens (tertiary/aromatic N) is 1. The van der Waals surface area contributed by atoms with Gasteiger partial charge in [0.1, 0.15) is 5.69 Å². The fourth-order valence-corrected chi connectivity index (χ4v) is 3.30. The van der Waals surface area contributed by atoms with Crippen molar-refractivity contribution in [1.82, 2.24) is 15.6 Å². The van der Waals surface area contributed by atoms with Crippen molar-refractivity contribution in [2.24, 2.45) is 11.8 Å². The fraction of sp³-hybridized carbons (Fsp3) is 0.667. The van der Waals surface area contributed by atoms with Crippen molar-refractivity contribution in [3.05, 3.63) is 16.6 Å². The normalized spacial score (nSPS) is 29.4. The first kappa shape index (κ1) is 14.7. The number of nitrogens with one attached hydrogen (secondary N) is 2. The van der Waals surface area contributed by atoms with Crippen LogP contribution in [0.5, 0.6) is 0 Å². The molecule has 3 atom stereocenters. The number of thiazole rings is 1. The van der Waals surface area contributed by atoms with Crippen LogP contribution in [0.2, 0.25) is 0 Å². The number of carbonyl (C=O) groups excluding carboxylic acids is 1. The molecule has 1 aromatic heterocycles. The van der Waals surface area contributed by atoms with Gasteiger partial charge in [-0.2, -0.15) is 0 Å². The predicted octanol–water partition coefficient (Wildman–Crippen LogP) is 0.919. The van der Waals surface area contributed by atoms with Crippen LogP contribution >= 0.6 is 23.7 Å². The van der Waals surface area contributed by atoms with E-state index in [-0.39, 0.29) is 24.4 Å². The van der Waals surface area contributed by atoms with Crippen LogP contribution < -0.4 is 10.6 Å². The quantitative estimate of drug-likeness (QED) is 0.871. The predicted molar refractivity (Wildman–Crippen MR) is 75.9 cm³/mol. The summed E-state index contributed by atoms with van der Waals surface area (Å²) in [4.78, 5) is 15.8. The van der Waals surface area contributed by atoms with E-state index in [4.69, 9.17) is 4.74 Å².